The molecule has 3 aromatic rings. The summed E-state index contributed by atoms with van der Waals surface area (Å²) in [6, 6.07) is 25.8. The van der Waals surface area contributed by atoms with Gasteiger partial charge < -0.3 is 5.32 Å². The normalized spacial score (nSPS) is 12.3. The van der Waals surface area contributed by atoms with Crippen LogP contribution in [0.1, 0.15) is 34.3 Å². The summed E-state index contributed by atoms with van der Waals surface area (Å²) < 4.78 is 26.8. The average molecular weight is 435 g/mol. The third kappa shape index (κ3) is 5.69. The topological polar surface area (TPSA) is 75.3 Å². The second-order valence-electron chi connectivity index (χ2n) is 7.23. The molecule has 6 heteroatoms. The molecular weight excluding hydrogens is 408 g/mol. The maximum absolute atomic E-state index is 12.9. The van der Waals surface area contributed by atoms with E-state index in [0.29, 0.717) is 5.56 Å². The number of benzene rings is 3. The van der Waals surface area contributed by atoms with E-state index in [1.807, 2.05) is 43.3 Å². The highest BCUT2D eigenvalue weighted by Crippen LogP contribution is 2.28. The summed E-state index contributed by atoms with van der Waals surface area (Å²) in [6.45, 7) is 5.61. The Morgan fingerprint density at radius 2 is 1.42 bits per heavy atom. The zero-order chi connectivity index (χ0) is 22.3. The predicted octanol–water partition coefficient (Wildman–Crippen LogP) is 4.10. The molecule has 0 bridgehead atoms. The number of carbonyl (C=O) groups is 1. The third-order valence-corrected chi connectivity index (χ3v) is 6.46. The van der Waals surface area contributed by atoms with E-state index < -0.39 is 10.0 Å². The molecule has 0 aromatic heterocycles. The van der Waals surface area contributed by atoms with Crippen LogP contribution in [0.3, 0.4) is 0 Å². The Kier molecular flexibility index (Phi) is 7.39. The number of hydrogen-bond acceptors (Lipinski definition) is 3. The van der Waals surface area contributed by atoms with Crippen molar-refractivity contribution in [2.24, 2.45) is 0 Å². The Hall–Kier alpha value is -3.22. The van der Waals surface area contributed by atoms with Gasteiger partial charge in [-0.15, -0.1) is 6.58 Å². The van der Waals surface area contributed by atoms with Crippen LogP contribution in [-0.4, -0.2) is 26.9 Å². The van der Waals surface area contributed by atoms with E-state index >= 15 is 0 Å². The van der Waals surface area contributed by atoms with Crippen molar-refractivity contribution >= 4 is 15.9 Å². The minimum atomic E-state index is -3.63. The summed E-state index contributed by atoms with van der Waals surface area (Å²) in [6.07, 6.45) is 1.47. The fourth-order valence-electron chi connectivity index (χ4n) is 3.50. The van der Waals surface area contributed by atoms with Crippen molar-refractivity contribution in [3.63, 3.8) is 0 Å². The van der Waals surface area contributed by atoms with Crippen molar-refractivity contribution in [2.45, 2.75) is 23.8 Å². The molecule has 0 aliphatic heterocycles. The van der Waals surface area contributed by atoms with Gasteiger partial charge in [0.05, 0.1) is 4.90 Å². The molecular formula is C25H26N2O3S. The lowest BCUT2D eigenvalue weighted by Crippen LogP contribution is -2.37. The van der Waals surface area contributed by atoms with Crippen molar-refractivity contribution in [1.29, 1.82) is 0 Å². The van der Waals surface area contributed by atoms with Crippen LogP contribution in [0.4, 0.5) is 0 Å². The van der Waals surface area contributed by atoms with Crippen LogP contribution >= 0.6 is 0 Å². The van der Waals surface area contributed by atoms with E-state index in [4.69, 9.17) is 0 Å². The lowest BCUT2D eigenvalue weighted by Gasteiger charge is -2.26. The smallest absolute Gasteiger partial charge is 0.251 e. The van der Waals surface area contributed by atoms with Crippen LogP contribution in [0, 0.1) is 0 Å². The van der Waals surface area contributed by atoms with Crippen LogP contribution < -0.4 is 10.0 Å². The fraction of sp³-hybridized carbons (Fsp3) is 0.160. The zero-order valence-electron chi connectivity index (χ0n) is 17.4. The molecule has 0 fully saturated rings. The Morgan fingerprint density at radius 3 is 1.90 bits per heavy atom. The van der Waals surface area contributed by atoms with Gasteiger partial charge in [0.15, 0.2) is 0 Å². The van der Waals surface area contributed by atoms with Crippen LogP contribution in [0.25, 0.3) is 0 Å². The molecule has 1 unspecified atom stereocenters. The highest BCUT2D eigenvalue weighted by Gasteiger charge is 2.23. The quantitative estimate of drug-likeness (QED) is 0.498. The fourth-order valence-corrected chi connectivity index (χ4v) is 4.50. The summed E-state index contributed by atoms with van der Waals surface area (Å²) in [5, 5.41) is 3.07. The molecule has 1 amide bonds. The number of sulfonamides is 1. The lowest BCUT2D eigenvalue weighted by atomic mass is 9.85. The number of hydrogen-bond donors (Lipinski definition) is 2. The van der Waals surface area contributed by atoms with Crippen molar-refractivity contribution in [3.05, 3.63) is 114 Å². The van der Waals surface area contributed by atoms with E-state index in [9.17, 15) is 13.2 Å². The molecule has 5 nitrogen and oxygen atoms in total. The highest BCUT2D eigenvalue weighted by molar-refractivity contribution is 7.89. The Balaban J connectivity index is 1.79. The van der Waals surface area contributed by atoms with Crippen molar-refractivity contribution < 1.29 is 13.2 Å². The van der Waals surface area contributed by atoms with Gasteiger partial charge in [0.1, 0.15) is 0 Å². The van der Waals surface area contributed by atoms with Crippen molar-refractivity contribution in [3.8, 4) is 0 Å². The SMILES string of the molecule is C=CCNS(=O)(=O)c1ccc(C(=O)NC(C)C(c2ccccc2)c2ccccc2)cc1. The summed E-state index contributed by atoms with van der Waals surface area (Å²) >= 11 is 0. The zero-order valence-corrected chi connectivity index (χ0v) is 18.2. The summed E-state index contributed by atoms with van der Waals surface area (Å²) in [7, 11) is -3.63. The first kappa shape index (κ1) is 22.5. The second-order valence-corrected chi connectivity index (χ2v) is 8.99. The van der Waals surface area contributed by atoms with E-state index in [1.54, 1.807) is 0 Å². The minimum Gasteiger partial charge on any atom is -0.349 e. The van der Waals surface area contributed by atoms with Gasteiger partial charge in [0, 0.05) is 24.1 Å². The first-order valence-electron chi connectivity index (χ1n) is 10.0. The van der Waals surface area contributed by atoms with Gasteiger partial charge in [-0.1, -0.05) is 66.7 Å². The molecule has 0 spiro atoms. The maximum Gasteiger partial charge on any atom is 0.251 e. The minimum absolute atomic E-state index is 0.0193. The van der Waals surface area contributed by atoms with Gasteiger partial charge in [-0.05, 0) is 42.3 Å². The van der Waals surface area contributed by atoms with Crippen molar-refractivity contribution in [2.75, 3.05) is 6.54 Å². The molecule has 2 N–H and O–H groups in total. The van der Waals surface area contributed by atoms with Crippen LogP contribution in [-0.2, 0) is 10.0 Å². The maximum atomic E-state index is 12.9. The lowest BCUT2D eigenvalue weighted by molar-refractivity contribution is 0.0937. The summed E-state index contributed by atoms with van der Waals surface area (Å²) in [4.78, 5) is 13.0. The molecule has 3 rings (SSSR count). The Bertz CT molecular complexity index is 1070. The largest absolute Gasteiger partial charge is 0.349 e. The third-order valence-electron chi connectivity index (χ3n) is 5.02. The molecule has 0 aliphatic rings. The summed E-state index contributed by atoms with van der Waals surface area (Å²) in [5.74, 6) is -0.276. The molecule has 160 valence electrons. The Morgan fingerprint density at radius 1 is 0.903 bits per heavy atom. The van der Waals surface area contributed by atoms with Crippen LogP contribution in [0.15, 0.2) is 102 Å². The van der Waals surface area contributed by atoms with E-state index in [1.165, 1.54) is 30.3 Å². The summed E-state index contributed by atoms with van der Waals surface area (Å²) in [5.41, 5.74) is 2.61. The molecule has 3 aromatic carbocycles. The van der Waals surface area contributed by atoms with E-state index in [0.717, 1.165) is 11.1 Å². The van der Waals surface area contributed by atoms with Crippen LogP contribution in [0.2, 0.25) is 0 Å². The number of amides is 1. The molecule has 1 atom stereocenters. The molecule has 0 radical (unpaired) electrons. The Labute approximate surface area is 183 Å². The van der Waals surface area contributed by atoms with Gasteiger partial charge in [-0.3, -0.25) is 4.79 Å². The van der Waals surface area contributed by atoms with Gasteiger partial charge in [-0.25, -0.2) is 13.1 Å². The highest BCUT2D eigenvalue weighted by atomic mass is 32.2. The second kappa shape index (κ2) is 10.2. The van der Waals surface area contributed by atoms with Crippen molar-refractivity contribution in [1.82, 2.24) is 10.0 Å². The molecule has 0 aliphatic carbocycles. The van der Waals surface area contributed by atoms with Gasteiger partial charge in [0.2, 0.25) is 10.0 Å². The van der Waals surface area contributed by atoms with E-state index in [2.05, 4.69) is 40.9 Å². The number of rotatable bonds is 9. The first-order chi connectivity index (χ1) is 14.9. The first-order valence-corrected chi connectivity index (χ1v) is 11.5. The standard InChI is InChI=1S/C25H26N2O3S/c1-3-18-26-31(29,30)23-16-14-22(15-17-23)25(28)27-19(2)24(20-10-6-4-7-11-20)21-12-8-5-9-13-21/h3-17,19,24,26H,1,18H2,2H3,(H,27,28). The molecule has 0 saturated carbocycles. The van der Waals surface area contributed by atoms with Gasteiger partial charge in [-0.2, -0.15) is 0 Å². The molecule has 0 saturated heterocycles. The van der Waals surface area contributed by atoms with Crippen LogP contribution in [0.5, 0.6) is 0 Å². The van der Waals surface area contributed by atoms with Gasteiger partial charge >= 0.3 is 0 Å². The van der Waals surface area contributed by atoms with Gasteiger partial charge in [0.25, 0.3) is 5.91 Å². The monoisotopic (exact) mass is 434 g/mol. The predicted molar refractivity (Wildman–Crippen MR) is 123 cm³/mol. The average Bonchev–Trinajstić information content (AvgIpc) is 2.79. The molecule has 0 heterocycles. The number of carbonyl (C=O) groups excluding carboxylic acids is 1. The number of nitrogens with one attached hydrogen (secondary N) is 2. The molecule has 31 heavy (non-hydrogen) atoms. The van der Waals surface area contributed by atoms with E-state index in [-0.39, 0.29) is 29.3 Å².